The molecule has 2 nitrogen and oxygen atoms in total. The van der Waals surface area contributed by atoms with Crippen LogP contribution in [0.25, 0.3) is 0 Å². The first-order chi connectivity index (χ1) is 7.03. The van der Waals surface area contributed by atoms with Crippen molar-refractivity contribution in [1.82, 2.24) is 0 Å². The highest BCUT2D eigenvalue weighted by atomic mass is 16.5. The van der Waals surface area contributed by atoms with Crippen molar-refractivity contribution in [1.29, 1.82) is 0 Å². The third kappa shape index (κ3) is 4.98. The first kappa shape index (κ1) is 13.0. The molecule has 0 bridgehead atoms. The zero-order chi connectivity index (χ0) is 11.3. The molecule has 0 amide bonds. The Morgan fingerprint density at radius 1 is 1.20 bits per heavy atom. The van der Waals surface area contributed by atoms with Gasteiger partial charge in [0, 0.05) is 6.61 Å². The predicted octanol–water partition coefficient (Wildman–Crippen LogP) is 2.96. The van der Waals surface area contributed by atoms with Crippen LogP contribution in [0.3, 0.4) is 0 Å². The van der Waals surface area contributed by atoms with Crippen LogP contribution in [0, 0.1) is 11.3 Å². The summed E-state index contributed by atoms with van der Waals surface area (Å²) in [6.45, 7) is 8.38. The molecule has 15 heavy (non-hydrogen) atoms. The van der Waals surface area contributed by atoms with Crippen LogP contribution >= 0.6 is 0 Å². The van der Waals surface area contributed by atoms with E-state index in [1.807, 2.05) is 0 Å². The molecule has 1 rings (SSSR count). The van der Waals surface area contributed by atoms with Gasteiger partial charge >= 0.3 is 0 Å². The molecule has 0 aromatic carbocycles. The summed E-state index contributed by atoms with van der Waals surface area (Å²) in [6, 6.07) is 0. The van der Waals surface area contributed by atoms with Gasteiger partial charge in [-0.15, -0.1) is 0 Å². The predicted molar refractivity (Wildman–Crippen MR) is 64.8 cm³/mol. The van der Waals surface area contributed by atoms with Crippen molar-refractivity contribution in [2.75, 3.05) is 13.2 Å². The van der Waals surface area contributed by atoms with E-state index in [0.717, 1.165) is 25.5 Å². The molecule has 2 heteroatoms. The molecule has 0 saturated heterocycles. The quantitative estimate of drug-likeness (QED) is 0.762. The molecular weight excluding hydrogens is 186 g/mol. The van der Waals surface area contributed by atoms with Gasteiger partial charge in [-0.05, 0) is 50.0 Å². The fourth-order valence-electron chi connectivity index (χ4n) is 2.00. The van der Waals surface area contributed by atoms with E-state index < -0.39 is 0 Å². The van der Waals surface area contributed by atoms with Gasteiger partial charge in [-0.1, -0.05) is 20.8 Å². The molecule has 0 atom stereocenters. The number of nitrogens with two attached hydrogens (primary N) is 1. The van der Waals surface area contributed by atoms with Gasteiger partial charge in [-0.25, -0.2) is 0 Å². The Balaban J connectivity index is 2.10. The largest absolute Gasteiger partial charge is 0.378 e. The van der Waals surface area contributed by atoms with Gasteiger partial charge in [-0.3, -0.25) is 0 Å². The minimum atomic E-state index is 0.238. The maximum Gasteiger partial charge on any atom is 0.0575 e. The van der Waals surface area contributed by atoms with E-state index in [9.17, 15) is 0 Å². The molecule has 0 unspecified atom stereocenters. The van der Waals surface area contributed by atoms with Crippen molar-refractivity contribution in [3.05, 3.63) is 0 Å². The molecule has 0 aliphatic heterocycles. The smallest absolute Gasteiger partial charge is 0.0575 e. The average Bonchev–Trinajstić information content (AvgIpc) is 2.21. The Morgan fingerprint density at radius 3 is 2.33 bits per heavy atom. The summed E-state index contributed by atoms with van der Waals surface area (Å²) in [5.74, 6) is 0.908. The van der Waals surface area contributed by atoms with Gasteiger partial charge in [0.2, 0.25) is 0 Å². The molecule has 1 fully saturated rings. The van der Waals surface area contributed by atoms with Crippen molar-refractivity contribution >= 4 is 0 Å². The van der Waals surface area contributed by atoms with E-state index in [-0.39, 0.29) is 5.41 Å². The van der Waals surface area contributed by atoms with Crippen LogP contribution in [0.4, 0.5) is 0 Å². The van der Waals surface area contributed by atoms with Crippen molar-refractivity contribution in [2.24, 2.45) is 17.1 Å². The second-order valence-corrected chi connectivity index (χ2v) is 5.87. The molecule has 1 saturated carbocycles. The minimum absolute atomic E-state index is 0.238. The SMILES string of the molecule is CC1CCC(OCCC(C)(C)CN)CC1. The lowest BCUT2D eigenvalue weighted by Gasteiger charge is -2.28. The highest BCUT2D eigenvalue weighted by Gasteiger charge is 2.20. The van der Waals surface area contributed by atoms with Crippen LogP contribution < -0.4 is 5.73 Å². The summed E-state index contributed by atoms with van der Waals surface area (Å²) >= 11 is 0. The van der Waals surface area contributed by atoms with E-state index >= 15 is 0 Å². The molecule has 0 heterocycles. The topological polar surface area (TPSA) is 35.2 Å². The fourth-order valence-corrected chi connectivity index (χ4v) is 2.00. The van der Waals surface area contributed by atoms with E-state index in [1.165, 1.54) is 25.7 Å². The van der Waals surface area contributed by atoms with Crippen LogP contribution in [0.5, 0.6) is 0 Å². The number of hydrogen-bond acceptors (Lipinski definition) is 2. The average molecular weight is 213 g/mol. The van der Waals surface area contributed by atoms with E-state index in [0.29, 0.717) is 6.10 Å². The van der Waals surface area contributed by atoms with Gasteiger partial charge in [0.25, 0.3) is 0 Å². The molecule has 1 aliphatic carbocycles. The monoisotopic (exact) mass is 213 g/mol. The van der Waals surface area contributed by atoms with Gasteiger partial charge in [0.1, 0.15) is 0 Å². The van der Waals surface area contributed by atoms with Gasteiger partial charge in [0.05, 0.1) is 6.10 Å². The first-order valence-electron chi connectivity index (χ1n) is 6.35. The lowest BCUT2D eigenvalue weighted by molar-refractivity contribution is 0.00748. The maximum atomic E-state index is 5.91. The molecule has 0 radical (unpaired) electrons. The molecule has 90 valence electrons. The Kier molecular flexibility index (Phi) is 5.07. The summed E-state index contributed by atoms with van der Waals surface area (Å²) in [4.78, 5) is 0. The van der Waals surface area contributed by atoms with E-state index in [4.69, 9.17) is 10.5 Å². The second-order valence-electron chi connectivity index (χ2n) is 5.87. The molecule has 0 aromatic rings. The van der Waals surface area contributed by atoms with E-state index in [1.54, 1.807) is 0 Å². The van der Waals surface area contributed by atoms with Crippen LogP contribution in [-0.2, 0) is 4.74 Å². The highest BCUT2D eigenvalue weighted by Crippen LogP contribution is 2.26. The van der Waals surface area contributed by atoms with E-state index in [2.05, 4.69) is 20.8 Å². The number of hydrogen-bond donors (Lipinski definition) is 1. The Bertz CT molecular complexity index is 171. The second kappa shape index (κ2) is 5.86. The lowest BCUT2D eigenvalue weighted by atomic mass is 9.88. The first-order valence-corrected chi connectivity index (χ1v) is 6.35. The van der Waals surface area contributed by atoms with Crippen LogP contribution in [-0.4, -0.2) is 19.3 Å². The number of rotatable bonds is 5. The van der Waals surface area contributed by atoms with Gasteiger partial charge < -0.3 is 10.5 Å². The zero-order valence-electron chi connectivity index (χ0n) is 10.6. The summed E-state index contributed by atoms with van der Waals surface area (Å²) in [6.07, 6.45) is 6.79. The van der Waals surface area contributed by atoms with Crippen LogP contribution in [0.15, 0.2) is 0 Å². The summed E-state index contributed by atoms with van der Waals surface area (Å²) in [5, 5.41) is 0. The summed E-state index contributed by atoms with van der Waals surface area (Å²) < 4.78 is 5.91. The summed E-state index contributed by atoms with van der Waals surface area (Å²) in [5.41, 5.74) is 5.93. The van der Waals surface area contributed by atoms with Gasteiger partial charge in [-0.2, -0.15) is 0 Å². The Morgan fingerprint density at radius 2 is 1.80 bits per heavy atom. The zero-order valence-corrected chi connectivity index (χ0v) is 10.6. The van der Waals surface area contributed by atoms with Crippen molar-refractivity contribution in [3.8, 4) is 0 Å². The fraction of sp³-hybridized carbons (Fsp3) is 1.00. The van der Waals surface area contributed by atoms with Crippen molar-refractivity contribution in [2.45, 2.75) is 59.0 Å². The molecule has 1 aliphatic rings. The minimum Gasteiger partial charge on any atom is -0.378 e. The molecule has 0 aromatic heterocycles. The summed E-state index contributed by atoms with van der Waals surface area (Å²) in [7, 11) is 0. The van der Waals surface area contributed by atoms with Crippen LogP contribution in [0.2, 0.25) is 0 Å². The standard InChI is InChI=1S/C13H27NO/c1-11-4-6-12(7-5-11)15-9-8-13(2,3)10-14/h11-12H,4-10,14H2,1-3H3. The maximum absolute atomic E-state index is 5.91. The molecule has 2 N–H and O–H groups in total. The lowest BCUT2D eigenvalue weighted by Crippen LogP contribution is -2.27. The van der Waals surface area contributed by atoms with Crippen molar-refractivity contribution < 1.29 is 4.74 Å². The Hall–Kier alpha value is -0.0800. The van der Waals surface area contributed by atoms with Gasteiger partial charge in [0.15, 0.2) is 0 Å². The Labute approximate surface area is 94.6 Å². The normalized spacial score (nSPS) is 28.0. The third-order valence-electron chi connectivity index (χ3n) is 3.65. The molecule has 0 spiro atoms. The highest BCUT2D eigenvalue weighted by molar-refractivity contribution is 4.72. The van der Waals surface area contributed by atoms with Crippen molar-refractivity contribution in [3.63, 3.8) is 0 Å². The molecular formula is C13H27NO. The number of ether oxygens (including phenoxy) is 1. The van der Waals surface area contributed by atoms with Crippen LogP contribution in [0.1, 0.15) is 52.9 Å². The third-order valence-corrected chi connectivity index (χ3v) is 3.65.